The zero-order chi connectivity index (χ0) is 12.3. The van der Waals surface area contributed by atoms with Gasteiger partial charge < -0.3 is 0 Å². The highest BCUT2D eigenvalue weighted by atomic mass is 32.2. The fourth-order valence-electron chi connectivity index (χ4n) is 1.14. The Labute approximate surface area is 103 Å². The number of anilines is 1. The number of pyridine rings is 1. The predicted molar refractivity (Wildman–Crippen MR) is 65.1 cm³/mol. The van der Waals surface area contributed by atoms with E-state index in [4.69, 9.17) is 6.42 Å². The molecule has 17 heavy (non-hydrogen) atoms. The number of terminal acetylenes is 1. The van der Waals surface area contributed by atoms with Crippen molar-refractivity contribution in [3.8, 4) is 12.3 Å². The summed E-state index contributed by atoms with van der Waals surface area (Å²) in [5.74, 6) is 2.36. The van der Waals surface area contributed by atoms with Gasteiger partial charge in [0.05, 0.1) is 11.3 Å². The minimum Gasteiger partial charge on any atom is -0.278 e. The molecule has 0 aliphatic rings. The fourth-order valence-corrected chi connectivity index (χ4v) is 2.94. The van der Waals surface area contributed by atoms with Crippen molar-refractivity contribution in [1.29, 1.82) is 0 Å². The maximum absolute atomic E-state index is 11.9. The minimum absolute atomic E-state index is 0.136. The van der Waals surface area contributed by atoms with Gasteiger partial charge in [-0.1, -0.05) is 5.92 Å². The van der Waals surface area contributed by atoms with Crippen molar-refractivity contribution in [3.63, 3.8) is 0 Å². The summed E-state index contributed by atoms with van der Waals surface area (Å²) in [5, 5.41) is 0. The number of sulfonamides is 1. The summed E-state index contributed by atoms with van der Waals surface area (Å²) in [7, 11) is -3.62. The molecule has 0 bridgehead atoms. The van der Waals surface area contributed by atoms with Crippen molar-refractivity contribution in [2.75, 3.05) is 4.72 Å². The Bertz CT molecular complexity index is 657. The first-order valence-corrected chi connectivity index (χ1v) is 6.73. The van der Waals surface area contributed by atoms with E-state index in [0.717, 1.165) is 11.5 Å². The third-order valence-electron chi connectivity index (χ3n) is 1.90. The van der Waals surface area contributed by atoms with Gasteiger partial charge in [0.1, 0.15) is 0 Å². The zero-order valence-corrected chi connectivity index (χ0v) is 10.1. The molecule has 0 saturated carbocycles. The lowest BCUT2D eigenvalue weighted by atomic mass is 10.2. The molecule has 2 aromatic rings. The Hall–Kier alpha value is -1.91. The molecule has 2 rings (SSSR count). The molecule has 0 aliphatic carbocycles. The van der Waals surface area contributed by atoms with Gasteiger partial charge >= 0.3 is 0 Å². The summed E-state index contributed by atoms with van der Waals surface area (Å²) in [6.45, 7) is 0. The van der Waals surface area contributed by atoms with Crippen LogP contribution in [0.15, 0.2) is 34.9 Å². The summed E-state index contributed by atoms with van der Waals surface area (Å²) in [6.07, 6.45) is 9.56. The molecule has 0 radical (unpaired) electrons. The van der Waals surface area contributed by atoms with E-state index in [1.54, 1.807) is 0 Å². The van der Waals surface area contributed by atoms with Gasteiger partial charge in [0.15, 0.2) is 4.21 Å². The van der Waals surface area contributed by atoms with Crippen LogP contribution in [0.5, 0.6) is 0 Å². The van der Waals surface area contributed by atoms with Gasteiger partial charge in [-0.25, -0.2) is 8.42 Å². The topological polar surface area (TPSA) is 72.0 Å². The van der Waals surface area contributed by atoms with Gasteiger partial charge in [-0.05, 0) is 23.7 Å². The van der Waals surface area contributed by atoms with Crippen LogP contribution in [0.4, 0.5) is 5.69 Å². The summed E-state index contributed by atoms with van der Waals surface area (Å²) in [4.78, 5) is 3.82. The number of rotatable bonds is 3. The number of nitrogens with one attached hydrogen (secondary N) is 1. The molecule has 0 unspecified atom stereocenters. The molecule has 5 nitrogen and oxygen atoms in total. The fraction of sp³-hybridized carbons (Fsp3) is 0. The average molecular weight is 265 g/mol. The molecular weight excluding hydrogens is 258 g/mol. The van der Waals surface area contributed by atoms with E-state index in [0.29, 0.717) is 11.3 Å². The lowest BCUT2D eigenvalue weighted by molar-refractivity contribution is 0.603. The number of hydrogen-bond donors (Lipinski definition) is 1. The Morgan fingerprint density at radius 2 is 2.18 bits per heavy atom. The van der Waals surface area contributed by atoms with E-state index in [1.807, 2.05) is 0 Å². The van der Waals surface area contributed by atoms with E-state index < -0.39 is 10.0 Å². The monoisotopic (exact) mass is 265 g/mol. The van der Waals surface area contributed by atoms with Crippen molar-refractivity contribution >= 4 is 27.2 Å². The van der Waals surface area contributed by atoms with Crippen LogP contribution in [-0.4, -0.2) is 17.8 Å². The SMILES string of the molecule is C#Cc1cnccc1NS(=O)(=O)c1ccns1. The summed E-state index contributed by atoms with van der Waals surface area (Å²) >= 11 is 0.895. The van der Waals surface area contributed by atoms with Crippen LogP contribution in [0.3, 0.4) is 0 Å². The Morgan fingerprint density at radius 1 is 1.35 bits per heavy atom. The maximum Gasteiger partial charge on any atom is 0.273 e. The van der Waals surface area contributed by atoms with Gasteiger partial charge in [-0.2, -0.15) is 4.37 Å². The smallest absolute Gasteiger partial charge is 0.273 e. The first-order chi connectivity index (χ1) is 8.13. The van der Waals surface area contributed by atoms with Crippen molar-refractivity contribution in [2.45, 2.75) is 4.21 Å². The molecule has 0 aliphatic heterocycles. The molecule has 0 spiro atoms. The molecule has 2 aromatic heterocycles. The van der Waals surface area contributed by atoms with E-state index in [2.05, 4.69) is 20.0 Å². The molecular formula is C10H7N3O2S2. The van der Waals surface area contributed by atoms with Crippen molar-refractivity contribution in [2.24, 2.45) is 0 Å². The molecule has 1 N–H and O–H groups in total. The highest BCUT2D eigenvalue weighted by Gasteiger charge is 2.17. The molecule has 7 heteroatoms. The number of hydrogen-bond acceptors (Lipinski definition) is 5. The molecule has 0 atom stereocenters. The van der Waals surface area contributed by atoms with E-state index in [1.165, 1.54) is 30.7 Å². The van der Waals surface area contributed by atoms with Crippen LogP contribution in [0.1, 0.15) is 5.56 Å². The van der Waals surface area contributed by atoms with E-state index in [9.17, 15) is 8.42 Å². The van der Waals surface area contributed by atoms with Crippen LogP contribution in [-0.2, 0) is 10.0 Å². The largest absolute Gasteiger partial charge is 0.278 e. The highest BCUT2D eigenvalue weighted by Crippen LogP contribution is 2.20. The molecule has 86 valence electrons. The Morgan fingerprint density at radius 3 is 2.82 bits per heavy atom. The molecule has 0 saturated heterocycles. The average Bonchev–Trinajstić information content (AvgIpc) is 2.83. The Balaban J connectivity index is 2.37. The first kappa shape index (κ1) is 11.6. The number of nitrogens with zero attached hydrogens (tertiary/aromatic N) is 2. The lowest BCUT2D eigenvalue weighted by Crippen LogP contribution is -2.12. The second-order valence-electron chi connectivity index (χ2n) is 3.00. The van der Waals surface area contributed by atoms with Gasteiger partial charge in [-0.15, -0.1) is 6.42 Å². The van der Waals surface area contributed by atoms with Gasteiger partial charge in [0.2, 0.25) is 0 Å². The van der Waals surface area contributed by atoms with Gasteiger partial charge in [0, 0.05) is 18.6 Å². The zero-order valence-electron chi connectivity index (χ0n) is 8.49. The standard InChI is InChI=1S/C10H7N3O2S2/c1-2-8-7-11-5-3-9(8)13-17(14,15)10-4-6-12-16-10/h1,3-7H,(H,11,13). The van der Waals surface area contributed by atoms with Crippen molar-refractivity contribution in [1.82, 2.24) is 9.36 Å². The van der Waals surface area contributed by atoms with Crippen molar-refractivity contribution in [3.05, 3.63) is 36.3 Å². The summed E-state index contributed by atoms with van der Waals surface area (Å²) in [6, 6.07) is 2.93. The Kier molecular flexibility index (Phi) is 3.08. The maximum atomic E-state index is 11.9. The third-order valence-corrected chi connectivity index (χ3v) is 4.48. The summed E-state index contributed by atoms with van der Waals surface area (Å²) < 4.78 is 30.1. The molecule has 2 heterocycles. The molecule has 0 amide bonds. The second-order valence-corrected chi connectivity index (χ2v) is 5.75. The normalized spacial score (nSPS) is 10.8. The lowest BCUT2D eigenvalue weighted by Gasteiger charge is -2.07. The molecule has 0 fully saturated rings. The second kappa shape index (κ2) is 4.53. The van der Waals surface area contributed by atoms with E-state index >= 15 is 0 Å². The van der Waals surface area contributed by atoms with Crippen LogP contribution in [0.25, 0.3) is 0 Å². The molecule has 0 aromatic carbocycles. The minimum atomic E-state index is -3.62. The quantitative estimate of drug-likeness (QED) is 0.850. The highest BCUT2D eigenvalue weighted by molar-refractivity contribution is 7.94. The summed E-state index contributed by atoms with van der Waals surface area (Å²) in [5.41, 5.74) is 0.719. The van der Waals surface area contributed by atoms with Crippen LogP contribution in [0, 0.1) is 12.3 Å². The third kappa shape index (κ3) is 2.43. The first-order valence-electron chi connectivity index (χ1n) is 4.47. The predicted octanol–water partition coefficient (Wildman–Crippen LogP) is 1.32. The number of aromatic nitrogens is 2. The van der Waals surface area contributed by atoms with Crippen LogP contribution in [0.2, 0.25) is 0 Å². The van der Waals surface area contributed by atoms with Crippen molar-refractivity contribution < 1.29 is 8.42 Å². The van der Waals surface area contributed by atoms with Crippen LogP contribution >= 0.6 is 11.5 Å². The van der Waals surface area contributed by atoms with Gasteiger partial charge in [0.25, 0.3) is 10.0 Å². The van der Waals surface area contributed by atoms with Crippen LogP contribution < -0.4 is 4.72 Å². The van der Waals surface area contributed by atoms with E-state index in [-0.39, 0.29) is 4.21 Å². The van der Waals surface area contributed by atoms with Gasteiger partial charge in [-0.3, -0.25) is 9.71 Å².